The van der Waals surface area contributed by atoms with E-state index in [-0.39, 0.29) is 10.6 Å². The highest BCUT2D eigenvalue weighted by Gasteiger charge is 2.16. The van der Waals surface area contributed by atoms with Crippen molar-refractivity contribution in [1.82, 2.24) is 0 Å². The maximum Gasteiger partial charge on any atom is 0.190 e. The molecular weight excluding hydrogens is 264 g/mol. The predicted octanol–water partition coefficient (Wildman–Crippen LogP) is 2.16. The number of hydrogen-bond acceptors (Lipinski definition) is 2. The lowest BCUT2D eigenvalue weighted by molar-refractivity contribution is 0.599. The highest BCUT2D eigenvalue weighted by atomic mass is 79.9. The van der Waals surface area contributed by atoms with Gasteiger partial charge in [-0.05, 0) is 40.5 Å². The van der Waals surface area contributed by atoms with Crippen molar-refractivity contribution in [2.75, 3.05) is 5.75 Å². The molecule has 2 nitrogen and oxygen atoms in total. The minimum atomic E-state index is -3.35. The quantitative estimate of drug-likeness (QED) is 0.774. The van der Waals surface area contributed by atoms with Crippen molar-refractivity contribution in [1.29, 1.82) is 0 Å². The highest BCUT2D eigenvalue weighted by Crippen LogP contribution is 2.23. The summed E-state index contributed by atoms with van der Waals surface area (Å²) in [5, 5.41) is 0. The minimum Gasteiger partial charge on any atom is -0.223 e. The maximum absolute atomic E-state index is 11.6. The molecular formula is C10H9BrO2S. The van der Waals surface area contributed by atoms with Crippen LogP contribution >= 0.6 is 15.9 Å². The Morgan fingerprint density at radius 3 is 2.71 bits per heavy atom. The monoisotopic (exact) mass is 272 g/mol. The van der Waals surface area contributed by atoms with Gasteiger partial charge in [-0.2, -0.15) is 0 Å². The van der Waals surface area contributed by atoms with Crippen molar-refractivity contribution in [3.8, 4) is 12.3 Å². The van der Waals surface area contributed by atoms with Crippen LogP contribution < -0.4 is 0 Å². The maximum atomic E-state index is 11.6. The van der Waals surface area contributed by atoms with Gasteiger partial charge in [0.2, 0.25) is 0 Å². The van der Waals surface area contributed by atoms with Crippen LogP contribution in [0, 0.1) is 19.3 Å². The molecule has 14 heavy (non-hydrogen) atoms. The average molecular weight is 273 g/mol. The molecule has 1 aromatic rings. The van der Waals surface area contributed by atoms with Crippen LogP contribution in [-0.4, -0.2) is 14.2 Å². The first-order valence-corrected chi connectivity index (χ1v) is 6.34. The van der Waals surface area contributed by atoms with Gasteiger partial charge < -0.3 is 0 Å². The number of hydrogen-bond donors (Lipinski definition) is 0. The molecule has 0 bridgehead atoms. The van der Waals surface area contributed by atoms with E-state index < -0.39 is 9.84 Å². The summed E-state index contributed by atoms with van der Waals surface area (Å²) in [5.74, 6) is 1.88. The number of sulfone groups is 1. The topological polar surface area (TPSA) is 34.1 Å². The predicted molar refractivity (Wildman–Crippen MR) is 59.8 cm³/mol. The molecule has 0 N–H and O–H groups in total. The van der Waals surface area contributed by atoms with Crippen molar-refractivity contribution in [2.45, 2.75) is 11.8 Å². The molecule has 0 saturated carbocycles. The zero-order valence-corrected chi connectivity index (χ0v) is 10.0. The Morgan fingerprint density at radius 2 is 2.14 bits per heavy atom. The largest absolute Gasteiger partial charge is 0.223 e. The van der Waals surface area contributed by atoms with E-state index in [0.717, 1.165) is 5.56 Å². The first-order chi connectivity index (χ1) is 6.47. The standard InChI is InChI=1S/C10H9BrO2S/c1-3-6-14(12,13)10-7-8(2)4-5-9(10)11/h1,4-5,7H,6H2,2H3. The van der Waals surface area contributed by atoms with Gasteiger partial charge in [0, 0.05) is 4.47 Å². The number of benzene rings is 1. The summed E-state index contributed by atoms with van der Waals surface area (Å²) in [5.41, 5.74) is 0.892. The zero-order valence-electron chi connectivity index (χ0n) is 7.62. The summed E-state index contributed by atoms with van der Waals surface area (Å²) < 4.78 is 23.8. The number of rotatable bonds is 2. The van der Waals surface area contributed by atoms with Crippen LogP contribution in [0.3, 0.4) is 0 Å². The molecule has 0 fully saturated rings. The summed E-state index contributed by atoms with van der Waals surface area (Å²) in [7, 11) is -3.35. The van der Waals surface area contributed by atoms with Crippen LogP contribution in [-0.2, 0) is 9.84 Å². The number of aryl methyl sites for hydroxylation is 1. The van der Waals surface area contributed by atoms with E-state index in [0.29, 0.717) is 4.47 Å². The van der Waals surface area contributed by atoms with E-state index in [1.165, 1.54) is 0 Å². The highest BCUT2D eigenvalue weighted by molar-refractivity contribution is 9.10. The van der Waals surface area contributed by atoms with E-state index in [1.807, 2.05) is 13.0 Å². The molecule has 0 amide bonds. The lowest BCUT2D eigenvalue weighted by Gasteiger charge is -2.04. The minimum absolute atomic E-state index is 0.260. The van der Waals surface area contributed by atoms with Gasteiger partial charge in [-0.25, -0.2) is 8.42 Å². The Kier molecular flexibility index (Phi) is 3.35. The fourth-order valence-electron chi connectivity index (χ4n) is 1.04. The van der Waals surface area contributed by atoms with Gasteiger partial charge in [-0.1, -0.05) is 12.0 Å². The molecule has 0 heterocycles. The van der Waals surface area contributed by atoms with Crippen molar-refractivity contribution in [3.05, 3.63) is 28.2 Å². The second-order valence-corrected chi connectivity index (χ2v) is 5.71. The Labute approximate surface area is 92.4 Å². The van der Waals surface area contributed by atoms with E-state index in [4.69, 9.17) is 6.42 Å². The van der Waals surface area contributed by atoms with Crippen LogP contribution in [0.2, 0.25) is 0 Å². The average Bonchev–Trinajstić information content (AvgIpc) is 2.09. The fraction of sp³-hybridized carbons (Fsp3) is 0.200. The number of terminal acetylenes is 1. The first-order valence-electron chi connectivity index (χ1n) is 3.90. The fourth-order valence-corrected chi connectivity index (χ4v) is 3.13. The van der Waals surface area contributed by atoms with Crippen LogP contribution in [0.15, 0.2) is 27.6 Å². The summed E-state index contributed by atoms with van der Waals surface area (Å²) in [6.45, 7) is 1.83. The third kappa shape index (κ3) is 2.37. The summed E-state index contributed by atoms with van der Waals surface area (Å²) in [6, 6.07) is 5.15. The molecule has 0 aliphatic carbocycles. The van der Waals surface area contributed by atoms with Crippen molar-refractivity contribution in [3.63, 3.8) is 0 Å². The van der Waals surface area contributed by atoms with E-state index >= 15 is 0 Å². The molecule has 1 aromatic carbocycles. The Balaban J connectivity index is 3.33. The van der Waals surface area contributed by atoms with Gasteiger partial charge in [0.15, 0.2) is 9.84 Å². The SMILES string of the molecule is C#CCS(=O)(=O)c1cc(C)ccc1Br. The molecule has 4 heteroatoms. The molecule has 0 saturated heterocycles. The van der Waals surface area contributed by atoms with Gasteiger partial charge in [0.1, 0.15) is 5.75 Å². The molecule has 0 spiro atoms. The van der Waals surface area contributed by atoms with Crippen molar-refractivity contribution >= 4 is 25.8 Å². The molecule has 1 rings (SSSR count). The molecule has 0 aliphatic rings. The third-order valence-corrected chi connectivity index (χ3v) is 4.20. The van der Waals surface area contributed by atoms with Gasteiger partial charge in [-0.15, -0.1) is 6.42 Å². The Hall–Kier alpha value is -0.790. The molecule has 0 unspecified atom stereocenters. The zero-order chi connectivity index (χ0) is 10.8. The normalized spacial score (nSPS) is 10.9. The Bertz CT molecular complexity index is 483. The van der Waals surface area contributed by atoms with Crippen molar-refractivity contribution in [2.24, 2.45) is 0 Å². The van der Waals surface area contributed by atoms with E-state index in [1.54, 1.807) is 12.1 Å². The van der Waals surface area contributed by atoms with Gasteiger partial charge in [-0.3, -0.25) is 0 Å². The van der Waals surface area contributed by atoms with Crippen LogP contribution in [0.1, 0.15) is 5.56 Å². The molecule has 0 atom stereocenters. The molecule has 0 radical (unpaired) electrons. The lowest BCUT2D eigenvalue weighted by atomic mass is 10.2. The van der Waals surface area contributed by atoms with E-state index in [9.17, 15) is 8.42 Å². The second-order valence-electron chi connectivity index (χ2n) is 2.90. The van der Waals surface area contributed by atoms with Crippen LogP contribution in [0.25, 0.3) is 0 Å². The molecule has 74 valence electrons. The van der Waals surface area contributed by atoms with Crippen LogP contribution in [0.4, 0.5) is 0 Å². The van der Waals surface area contributed by atoms with Gasteiger partial charge in [0.05, 0.1) is 4.90 Å². The summed E-state index contributed by atoms with van der Waals surface area (Å²) >= 11 is 3.19. The van der Waals surface area contributed by atoms with Gasteiger partial charge in [0.25, 0.3) is 0 Å². The second kappa shape index (κ2) is 4.16. The van der Waals surface area contributed by atoms with Crippen molar-refractivity contribution < 1.29 is 8.42 Å². The molecule has 0 aromatic heterocycles. The summed E-state index contributed by atoms with van der Waals surface area (Å²) in [4.78, 5) is 0.260. The van der Waals surface area contributed by atoms with E-state index in [2.05, 4.69) is 21.9 Å². The number of halogens is 1. The third-order valence-electron chi connectivity index (χ3n) is 1.70. The first kappa shape index (κ1) is 11.3. The molecule has 0 aliphatic heterocycles. The smallest absolute Gasteiger partial charge is 0.190 e. The van der Waals surface area contributed by atoms with Gasteiger partial charge >= 0.3 is 0 Å². The lowest BCUT2D eigenvalue weighted by Crippen LogP contribution is -2.06. The van der Waals surface area contributed by atoms with Crippen LogP contribution in [0.5, 0.6) is 0 Å². The Morgan fingerprint density at radius 1 is 1.50 bits per heavy atom. The summed E-state index contributed by atoms with van der Waals surface area (Å²) in [6.07, 6.45) is 5.00.